The van der Waals surface area contributed by atoms with Gasteiger partial charge in [0, 0.05) is 48.7 Å². The first-order valence-electron chi connectivity index (χ1n) is 12.8. The van der Waals surface area contributed by atoms with Gasteiger partial charge in [0.25, 0.3) is 11.8 Å². The molecule has 0 radical (unpaired) electrons. The Morgan fingerprint density at radius 3 is 1.43 bits per heavy atom. The molecular weight excluding hydrogens is 624 g/mol. The monoisotopic (exact) mass is 650 g/mol. The summed E-state index contributed by atoms with van der Waals surface area (Å²) in [6.45, 7) is 1.81. The van der Waals surface area contributed by atoms with Gasteiger partial charge in [-0.15, -0.1) is 23.5 Å². The van der Waals surface area contributed by atoms with E-state index in [4.69, 9.17) is 9.47 Å². The molecule has 4 aliphatic heterocycles. The lowest BCUT2D eigenvalue weighted by molar-refractivity contribution is -0.150. The number of esters is 2. The molecule has 4 amide bonds. The minimum absolute atomic E-state index is 0.174. The van der Waals surface area contributed by atoms with E-state index in [2.05, 4.69) is 10.6 Å². The Hall–Kier alpha value is -4.58. The number of hydrogen-bond donors (Lipinski definition) is 4. The third kappa shape index (κ3) is 6.65. The average molecular weight is 651 g/mol. The number of amides is 4. The second-order valence-electron chi connectivity index (χ2n) is 9.59. The predicted octanol–water partition coefficient (Wildman–Crippen LogP) is -1.30. The molecule has 2 saturated heterocycles. The van der Waals surface area contributed by atoms with Crippen molar-refractivity contribution in [1.82, 2.24) is 20.4 Å². The normalized spacial score (nSPS) is 24.3. The van der Waals surface area contributed by atoms with Crippen molar-refractivity contribution < 1.29 is 58.0 Å². The van der Waals surface area contributed by atoms with E-state index in [1.165, 1.54) is 49.5 Å². The molecule has 2 fully saturated rings. The van der Waals surface area contributed by atoms with E-state index in [0.717, 1.165) is 22.0 Å². The lowest BCUT2D eigenvalue weighted by Crippen LogP contribution is -2.70. The van der Waals surface area contributed by atoms with Gasteiger partial charge >= 0.3 is 23.9 Å². The summed E-state index contributed by atoms with van der Waals surface area (Å²) >= 11 is 2.41. The smallest absolute Gasteiger partial charge is 0.352 e. The van der Waals surface area contributed by atoms with Crippen molar-refractivity contribution >= 4 is 71.0 Å². The second kappa shape index (κ2) is 13.4. The van der Waals surface area contributed by atoms with Crippen LogP contribution in [0.2, 0.25) is 0 Å². The molecule has 0 aromatic heterocycles. The van der Waals surface area contributed by atoms with Gasteiger partial charge in [-0.1, -0.05) is 12.2 Å². The zero-order valence-electron chi connectivity index (χ0n) is 23.1. The van der Waals surface area contributed by atoms with Crippen LogP contribution < -0.4 is 10.6 Å². The number of ether oxygens (including phenoxy) is 2. The van der Waals surface area contributed by atoms with Crippen LogP contribution in [0.3, 0.4) is 0 Å². The van der Waals surface area contributed by atoms with Crippen molar-refractivity contribution in [2.24, 2.45) is 0 Å². The maximum Gasteiger partial charge on any atom is 0.352 e. The first kappa shape index (κ1) is 32.3. The van der Waals surface area contributed by atoms with Crippen molar-refractivity contribution in [3.05, 3.63) is 46.8 Å². The van der Waals surface area contributed by atoms with Gasteiger partial charge < -0.3 is 30.3 Å². The van der Waals surface area contributed by atoms with Crippen LogP contribution in [-0.2, 0) is 47.8 Å². The Labute approximate surface area is 257 Å². The zero-order valence-corrected chi connectivity index (χ0v) is 24.8. The molecule has 0 unspecified atom stereocenters. The molecule has 0 aromatic carbocycles. The number of hydrogen-bond acceptors (Lipinski definition) is 12. The van der Waals surface area contributed by atoms with Gasteiger partial charge in [0.15, 0.2) is 0 Å². The second-order valence-corrected chi connectivity index (χ2v) is 11.8. The van der Waals surface area contributed by atoms with E-state index in [1.54, 1.807) is 0 Å². The summed E-state index contributed by atoms with van der Waals surface area (Å²) in [4.78, 5) is 97.9. The molecule has 4 aliphatic rings. The Morgan fingerprint density at radius 1 is 0.750 bits per heavy atom. The Morgan fingerprint density at radius 2 is 1.11 bits per heavy atom. The first-order valence-corrected chi connectivity index (χ1v) is 14.9. The molecule has 18 heteroatoms. The summed E-state index contributed by atoms with van der Waals surface area (Å²) in [5.41, 5.74) is -0.0483. The number of thioether (sulfide) groups is 2. The largest absolute Gasteiger partial charge is 0.477 e. The third-order valence-corrected chi connectivity index (χ3v) is 9.28. The molecule has 4 rings (SSSR count). The molecule has 44 heavy (non-hydrogen) atoms. The Bertz CT molecular complexity index is 1360. The van der Waals surface area contributed by atoms with E-state index in [1.807, 2.05) is 0 Å². The van der Waals surface area contributed by atoms with Crippen LogP contribution in [0.15, 0.2) is 46.8 Å². The summed E-state index contributed by atoms with van der Waals surface area (Å²) < 4.78 is 9.75. The number of carboxylic acid groups (broad SMARTS) is 2. The highest BCUT2D eigenvalue weighted by Crippen LogP contribution is 2.41. The summed E-state index contributed by atoms with van der Waals surface area (Å²) in [5.74, 6) is -6.22. The molecule has 4 heterocycles. The van der Waals surface area contributed by atoms with Crippen LogP contribution in [-0.4, -0.2) is 115 Å². The van der Waals surface area contributed by atoms with Gasteiger partial charge in [-0.2, -0.15) is 0 Å². The number of fused-ring (bicyclic) bond motifs is 2. The zero-order chi connectivity index (χ0) is 32.3. The van der Waals surface area contributed by atoms with Crippen molar-refractivity contribution in [2.75, 3.05) is 24.7 Å². The van der Waals surface area contributed by atoms with Crippen LogP contribution in [0.1, 0.15) is 13.8 Å². The summed E-state index contributed by atoms with van der Waals surface area (Å²) in [6.07, 6.45) is 4.55. The lowest BCUT2D eigenvalue weighted by Gasteiger charge is -2.49. The number of carboxylic acids is 2. The average Bonchev–Trinajstić information content (AvgIpc) is 2.97. The summed E-state index contributed by atoms with van der Waals surface area (Å²) in [7, 11) is 0. The number of aliphatic carboxylic acids is 2. The molecule has 234 valence electrons. The van der Waals surface area contributed by atoms with E-state index in [-0.39, 0.29) is 47.3 Å². The molecular formula is C26H26N4O12S2. The molecule has 0 saturated carbocycles. The first-order chi connectivity index (χ1) is 20.8. The van der Waals surface area contributed by atoms with Crippen molar-refractivity contribution in [2.45, 2.75) is 36.7 Å². The molecule has 0 aromatic rings. The Balaban J connectivity index is 1.28. The van der Waals surface area contributed by atoms with E-state index in [0.29, 0.717) is 0 Å². The fourth-order valence-corrected chi connectivity index (χ4v) is 7.31. The quantitative estimate of drug-likeness (QED) is 0.0883. The SMILES string of the molecule is CC(=O)OCC1=C(C(=O)O)N2C(=O)[C@@H](NC(=O)/C=C/C=C/C(=O)N[C@@H]3C(=O)N4C(C(=O)O)=C(COC(C)=O)CS[C@H]34)[C@H]2SC1. The number of rotatable bonds is 11. The molecule has 4 N–H and O–H groups in total. The standard InChI is InChI=1S/C26H26N4O12S2/c1-11(31)41-7-13-9-43-23-17(21(35)29(23)19(13)25(37)38)27-15(33)5-3-4-6-16(34)28-18-22(36)30-20(26(39)40)14(8-42-12(2)32)10-44-24(18)30/h3-6,17-18,23-24H,7-10H2,1-2H3,(H,27,33)(H,28,34)(H,37,38)(H,39,40)/b5-3+,6-4+/t17-,18-,23-,24-/m1/s1. The van der Waals surface area contributed by atoms with Crippen LogP contribution in [0.4, 0.5) is 0 Å². The van der Waals surface area contributed by atoms with Gasteiger partial charge in [-0.3, -0.25) is 38.6 Å². The van der Waals surface area contributed by atoms with Crippen LogP contribution in [0.25, 0.3) is 0 Å². The van der Waals surface area contributed by atoms with Crippen molar-refractivity contribution in [3.63, 3.8) is 0 Å². The number of allylic oxidation sites excluding steroid dienone is 2. The van der Waals surface area contributed by atoms with Crippen LogP contribution in [0.5, 0.6) is 0 Å². The highest BCUT2D eigenvalue weighted by atomic mass is 32.2. The summed E-state index contributed by atoms with van der Waals surface area (Å²) in [5, 5.41) is 22.8. The molecule has 0 aliphatic carbocycles. The van der Waals surface area contributed by atoms with Gasteiger partial charge in [-0.25, -0.2) is 9.59 Å². The summed E-state index contributed by atoms with van der Waals surface area (Å²) in [6, 6.07) is -1.98. The van der Waals surface area contributed by atoms with Gasteiger partial charge in [-0.05, 0) is 0 Å². The fourth-order valence-electron chi connectivity index (χ4n) is 4.65. The van der Waals surface area contributed by atoms with E-state index < -0.39 is 70.3 Å². The van der Waals surface area contributed by atoms with Crippen LogP contribution >= 0.6 is 23.5 Å². The topological polar surface area (TPSA) is 226 Å². The minimum Gasteiger partial charge on any atom is -0.477 e. The number of carbonyl (C=O) groups excluding carboxylic acids is 6. The minimum atomic E-state index is -1.36. The highest BCUT2D eigenvalue weighted by molar-refractivity contribution is 8.00. The Kier molecular flexibility index (Phi) is 9.83. The van der Waals surface area contributed by atoms with Gasteiger partial charge in [0.1, 0.15) is 47.4 Å². The predicted molar refractivity (Wildman–Crippen MR) is 151 cm³/mol. The van der Waals surface area contributed by atoms with Crippen LogP contribution in [0, 0.1) is 0 Å². The third-order valence-electron chi connectivity index (χ3n) is 6.60. The maximum absolute atomic E-state index is 12.7. The molecule has 16 nitrogen and oxygen atoms in total. The number of nitrogens with zero attached hydrogens (tertiary/aromatic N) is 2. The molecule has 0 spiro atoms. The molecule has 0 bridgehead atoms. The highest BCUT2D eigenvalue weighted by Gasteiger charge is 2.55. The van der Waals surface area contributed by atoms with E-state index >= 15 is 0 Å². The number of carbonyl (C=O) groups is 8. The lowest BCUT2D eigenvalue weighted by atomic mass is 10.0. The van der Waals surface area contributed by atoms with E-state index in [9.17, 15) is 48.6 Å². The number of nitrogens with one attached hydrogen (secondary N) is 2. The van der Waals surface area contributed by atoms with Crippen molar-refractivity contribution in [1.29, 1.82) is 0 Å². The van der Waals surface area contributed by atoms with Gasteiger partial charge in [0.05, 0.1) is 0 Å². The fraction of sp³-hybridized carbons (Fsp3) is 0.385. The number of β-lactam (4-membered cyclic amide) rings is 2. The van der Waals surface area contributed by atoms with Gasteiger partial charge in [0.2, 0.25) is 11.8 Å². The van der Waals surface area contributed by atoms with Crippen molar-refractivity contribution in [3.8, 4) is 0 Å². The maximum atomic E-state index is 12.7. The molecule has 4 atom stereocenters.